The van der Waals surface area contributed by atoms with Crippen molar-refractivity contribution in [2.24, 2.45) is 5.11 Å². The van der Waals surface area contributed by atoms with Crippen LogP contribution in [0.1, 0.15) is 48.9 Å². The van der Waals surface area contributed by atoms with E-state index in [1.165, 1.54) is 18.2 Å². The van der Waals surface area contributed by atoms with Gasteiger partial charge in [0.05, 0.1) is 24.3 Å². The van der Waals surface area contributed by atoms with Crippen LogP contribution >= 0.6 is 0 Å². The van der Waals surface area contributed by atoms with E-state index < -0.39 is 30.3 Å². The lowest BCUT2D eigenvalue weighted by atomic mass is 9.94. The number of nitrogens with one attached hydrogen (secondary N) is 2. The summed E-state index contributed by atoms with van der Waals surface area (Å²) >= 11 is 0. The Morgan fingerprint density at radius 2 is 1.78 bits per heavy atom. The van der Waals surface area contributed by atoms with Gasteiger partial charge in [-0.25, -0.2) is 0 Å². The van der Waals surface area contributed by atoms with Crippen LogP contribution in [0.2, 0.25) is 0 Å². The Hall–Kier alpha value is -2.93. The Kier molecular flexibility index (Phi) is 12.4. The van der Waals surface area contributed by atoms with Crippen LogP contribution in [0.3, 0.4) is 0 Å². The van der Waals surface area contributed by atoms with Crippen molar-refractivity contribution in [2.75, 3.05) is 32.8 Å². The fourth-order valence-corrected chi connectivity index (χ4v) is 4.10. The quantitative estimate of drug-likeness (QED) is 0.0800. The van der Waals surface area contributed by atoms with E-state index in [1.54, 1.807) is 4.90 Å². The Bertz CT molecular complexity index is 911. The molecular formula is C23H36N6O7. The first kappa shape index (κ1) is 29.3. The minimum atomic E-state index is -1.27. The zero-order valence-electron chi connectivity index (χ0n) is 20.2. The number of benzene rings is 1. The predicted octanol–water partition coefficient (Wildman–Crippen LogP) is 0.280. The van der Waals surface area contributed by atoms with E-state index in [4.69, 9.17) is 5.53 Å². The number of nitrogens with zero attached hydrogens (tertiary/aromatic N) is 4. The van der Waals surface area contributed by atoms with Gasteiger partial charge in [-0.15, -0.1) is 0 Å². The zero-order chi connectivity index (χ0) is 26.5. The van der Waals surface area contributed by atoms with Gasteiger partial charge >= 0.3 is 0 Å². The second kappa shape index (κ2) is 15.2. The number of aliphatic hydroxyl groups is 4. The van der Waals surface area contributed by atoms with Crippen molar-refractivity contribution in [3.8, 4) is 5.75 Å². The highest BCUT2D eigenvalue weighted by molar-refractivity contribution is 5.97. The molecule has 4 atom stereocenters. The number of carbonyl (C=O) groups excluding carboxylic acids is 2. The smallest absolute Gasteiger partial charge is 0.255 e. The molecular weight excluding hydrogens is 472 g/mol. The number of unbranched alkanes of at least 4 members (excludes halogenated alkanes) is 3. The summed E-state index contributed by atoms with van der Waals surface area (Å²) < 4.78 is 0. The Morgan fingerprint density at radius 1 is 1.06 bits per heavy atom. The third-order valence-corrected chi connectivity index (χ3v) is 6.16. The van der Waals surface area contributed by atoms with Crippen LogP contribution in [0, 0.1) is 0 Å². The largest absolute Gasteiger partial charge is 0.507 e. The molecule has 1 aliphatic heterocycles. The van der Waals surface area contributed by atoms with Crippen molar-refractivity contribution in [2.45, 2.75) is 62.9 Å². The molecule has 13 nitrogen and oxygen atoms in total. The predicted molar refractivity (Wildman–Crippen MR) is 130 cm³/mol. The lowest BCUT2D eigenvalue weighted by Gasteiger charge is -2.43. The number of amides is 2. The highest BCUT2D eigenvalue weighted by Gasteiger charge is 2.40. The molecule has 1 saturated heterocycles. The number of carbonyl (C=O) groups is 2. The first-order valence-electron chi connectivity index (χ1n) is 12.1. The SMILES string of the molecule is [N-]=[N+]=Nc1ccc(C(=O)NCCCCNC(=O)CCCCCN2C[C@H](O)[C@@H](O)[C@H](O)[C@H]2CO)c(O)c1. The lowest BCUT2D eigenvalue weighted by molar-refractivity contribution is -0.145. The molecule has 1 aliphatic rings. The molecule has 1 aromatic rings. The summed E-state index contributed by atoms with van der Waals surface area (Å²) in [5.41, 5.74) is 8.69. The third kappa shape index (κ3) is 8.94. The van der Waals surface area contributed by atoms with Gasteiger partial charge < -0.3 is 36.2 Å². The maximum atomic E-state index is 12.1. The fraction of sp³-hybridized carbons (Fsp3) is 0.652. The lowest BCUT2D eigenvalue weighted by Crippen LogP contribution is -2.62. The van der Waals surface area contributed by atoms with Crippen LogP contribution in [0.5, 0.6) is 5.75 Å². The molecule has 0 saturated carbocycles. The summed E-state index contributed by atoms with van der Waals surface area (Å²) in [7, 11) is 0. The van der Waals surface area contributed by atoms with Gasteiger partial charge in [-0.3, -0.25) is 14.5 Å². The molecule has 2 amide bonds. The highest BCUT2D eigenvalue weighted by Crippen LogP contribution is 2.24. The Labute approximate surface area is 209 Å². The third-order valence-electron chi connectivity index (χ3n) is 6.16. The van der Waals surface area contributed by atoms with Crippen LogP contribution < -0.4 is 10.6 Å². The summed E-state index contributed by atoms with van der Waals surface area (Å²) in [6, 6.07) is 3.41. The van der Waals surface area contributed by atoms with Gasteiger partial charge in [-0.1, -0.05) is 17.6 Å². The van der Waals surface area contributed by atoms with Crippen molar-refractivity contribution in [3.63, 3.8) is 0 Å². The summed E-state index contributed by atoms with van der Waals surface area (Å²) in [6.45, 7) is 1.25. The molecule has 1 heterocycles. The standard InChI is InChI=1S/C23H36N6O7/c24-28-27-15-7-8-16(18(31)12-15)23(36)26-10-4-3-9-25-20(33)6-2-1-5-11-29-13-19(32)22(35)21(34)17(29)14-30/h7-8,12,17,19,21-22,30-32,34-35H,1-6,9-11,13-14H2,(H,25,33)(H,26,36)/t17-,19+,21-,22-/m1/s1. The molecule has 0 aromatic heterocycles. The number of hydrogen-bond acceptors (Lipinski definition) is 9. The second-order valence-electron chi connectivity index (χ2n) is 8.81. The van der Waals surface area contributed by atoms with E-state index in [1.807, 2.05) is 0 Å². The number of piperidine rings is 1. The number of hydrogen-bond donors (Lipinski definition) is 7. The van der Waals surface area contributed by atoms with Crippen molar-refractivity contribution >= 4 is 17.5 Å². The fourth-order valence-electron chi connectivity index (χ4n) is 4.10. The molecule has 0 aliphatic carbocycles. The van der Waals surface area contributed by atoms with E-state index in [9.17, 15) is 35.1 Å². The molecule has 2 rings (SSSR count). The Balaban J connectivity index is 1.53. The summed E-state index contributed by atoms with van der Waals surface area (Å²) in [5.74, 6) is -0.786. The number of likely N-dealkylation sites (tertiary alicyclic amines) is 1. The van der Waals surface area contributed by atoms with Crippen molar-refractivity contribution in [1.29, 1.82) is 0 Å². The molecule has 36 heavy (non-hydrogen) atoms. The summed E-state index contributed by atoms with van der Waals surface area (Å²) in [4.78, 5) is 28.5. The number of phenols is 1. The molecule has 0 bridgehead atoms. The molecule has 7 N–H and O–H groups in total. The van der Waals surface area contributed by atoms with E-state index >= 15 is 0 Å². The van der Waals surface area contributed by atoms with Crippen molar-refractivity contribution in [3.05, 3.63) is 34.2 Å². The van der Waals surface area contributed by atoms with E-state index in [-0.39, 0.29) is 36.1 Å². The van der Waals surface area contributed by atoms with Crippen molar-refractivity contribution < 1.29 is 35.1 Å². The highest BCUT2D eigenvalue weighted by atomic mass is 16.4. The maximum absolute atomic E-state index is 12.1. The van der Waals surface area contributed by atoms with Crippen LogP contribution in [0.4, 0.5) is 5.69 Å². The molecule has 13 heteroatoms. The Morgan fingerprint density at radius 3 is 2.44 bits per heavy atom. The molecule has 1 fully saturated rings. The van der Waals surface area contributed by atoms with Gasteiger partial charge in [0.1, 0.15) is 18.0 Å². The number of phenolic OH excluding ortho intramolecular Hbond substituents is 1. The molecule has 200 valence electrons. The van der Waals surface area contributed by atoms with Gasteiger partial charge in [-0.05, 0) is 49.9 Å². The van der Waals surface area contributed by atoms with Crippen molar-refractivity contribution in [1.82, 2.24) is 15.5 Å². The van der Waals surface area contributed by atoms with E-state index in [0.29, 0.717) is 45.3 Å². The first-order chi connectivity index (χ1) is 17.3. The molecule has 1 aromatic carbocycles. The first-order valence-corrected chi connectivity index (χ1v) is 12.1. The van der Waals surface area contributed by atoms with Crippen LogP contribution in [-0.2, 0) is 4.79 Å². The average molecular weight is 509 g/mol. The molecule has 0 spiro atoms. The topological polar surface area (TPSA) is 211 Å². The van der Waals surface area contributed by atoms with Crippen LogP contribution in [0.25, 0.3) is 10.4 Å². The molecule has 0 unspecified atom stereocenters. The number of β-amino-alcohol motifs (C(OH)–C–C–N with tert-alkyl or cyclic N) is 1. The van der Waals surface area contributed by atoms with E-state index in [0.717, 1.165) is 12.8 Å². The summed E-state index contributed by atoms with van der Waals surface area (Å²) in [6.07, 6.45) is 0.301. The number of azide groups is 1. The van der Waals surface area contributed by atoms with Gasteiger partial charge in [-0.2, -0.15) is 0 Å². The number of rotatable bonds is 14. The maximum Gasteiger partial charge on any atom is 0.255 e. The minimum absolute atomic E-state index is 0.0655. The van der Waals surface area contributed by atoms with Gasteiger partial charge in [0.25, 0.3) is 5.91 Å². The van der Waals surface area contributed by atoms with Gasteiger partial charge in [0.15, 0.2) is 0 Å². The average Bonchev–Trinajstić information content (AvgIpc) is 2.84. The van der Waals surface area contributed by atoms with Crippen LogP contribution in [-0.4, -0.2) is 99.4 Å². The summed E-state index contributed by atoms with van der Waals surface area (Å²) in [5, 5.41) is 57.8. The normalized spacial score (nSPS) is 22.0. The van der Waals surface area contributed by atoms with Crippen LogP contribution in [0.15, 0.2) is 23.3 Å². The number of aromatic hydroxyl groups is 1. The zero-order valence-corrected chi connectivity index (χ0v) is 20.2. The molecule has 0 radical (unpaired) electrons. The number of aliphatic hydroxyl groups excluding tert-OH is 4. The van der Waals surface area contributed by atoms with E-state index in [2.05, 4.69) is 20.7 Å². The monoisotopic (exact) mass is 508 g/mol. The van der Waals surface area contributed by atoms with Gasteiger partial charge in [0, 0.05) is 36.7 Å². The van der Waals surface area contributed by atoms with Gasteiger partial charge in [0.2, 0.25) is 5.91 Å². The second-order valence-corrected chi connectivity index (χ2v) is 8.81. The minimum Gasteiger partial charge on any atom is -0.507 e.